The molecular weight excluding hydrogens is 700 g/mol. The van der Waals surface area contributed by atoms with Crippen LogP contribution in [0, 0.1) is 5.41 Å². The Hall–Kier alpha value is -2.60. The van der Waals surface area contributed by atoms with Gasteiger partial charge in [-0.05, 0) is 35.1 Å². The molecule has 0 aromatic heterocycles. The van der Waals surface area contributed by atoms with E-state index < -0.39 is 31.3 Å². The summed E-state index contributed by atoms with van der Waals surface area (Å²) in [6.45, 7) is 0. The second-order valence-corrected chi connectivity index (χ2v) is 13.0. The van der Waals surface area contributed by atoms with Crippen molar-refractivity contribution in [2.75, 3.05) is 0 Å². The van der Waals surface area contributed by atoms with Gasteiger partial charge in [0, 0.05) is 12.8 Å². The normalized spacial score (nSPS) is 25.5. The maximum absolute atomic E-state index is 10.7. The molecule has 234 valence electrons. The molecule has 0 radical (unpaired) electrons. The summed E-state index contributed by atoms with van der Waals surface area (Å²) >= 11 is 0. The van der Waals surface area contributed by atoms with Crippen molar-refractivity contribution in [1.82, 2.24) is 0 Å². The van der Waals surface area contributed by atoms with Gasteiger partial charge < -0.3 is 18.6 Å². The van der Waals surface area contributed by atoms with Gasteiger partial charge in [-0.2, -0.15) is 26.3 Å². The van der Waals surface area contributed by atoms with Crippen LogP contribution in [0.4, 0.5) is 26.3 Å². The van der Waals surface area contributed by atoms with E-state index in [0.717, 1.165) is 37.5 Å². The number of rotatable bonds is 2. The number of alkyl halides is 6. The summed E-state index contributed by atoms with van der Waals surface area (Å²) < 4.78 is 131. The first-order chi connectivity index (χ1) is 19.8. The topological polar surface area (TPSA) is 158 Å². The number of benzene rings is 2. The molecule has 2 heterocycles. The Morgan fingerprint density at radius 2 is 1.00 bits per heavy atom. The Morgan fingerprint density at radius 3 is 1.30 bits per heavy atom. The Labute approximate surface area is 259 Å². The van der Waals surface area contributed by atoms with Crippen molar-refractivity contribution in [3.8, 4) is 0 Å². The number of hydrogen-bond acceptors (Lipinski definition) is 10. The van der Waals surface area contributed by atoms with Gasteiger partial charge in [0.15, 0.2) is 32.0 Å². The summed E-state index contributed by atoms with van der Waals surface area (Å²) in [4.78, 5) is 10.1. The minimum atomic E-state index is -6.09. The summed E-state index contributed by atoms with van der Waals surface area (Å²) in [6, 6.07) is 17.5. The maximum atomic E-state index is 10.7. The largest absolute Gasteiger partial charge is 2.00 e. The first kappa shape index (κ1) is 34.3. The molecular formula is C25H20F6N2O8S2Zn. The van der Waals surface area contributed by atoms with Crippen LogP contribution in [-0.4, -0.2) is 61.0 Å². The average molecular weight is 720 g/mol. The van der Waals surface area contributed by atoms with E-state index in [9.17, 15) is 26.3 Å². The van der Waals surface area contributed by atoms with Crippen LogP contribution in [0.3, 0.4) is 0 Å². The number of fused-ring (bicyclic) bond motifs is 6. The molecule has 1 saturated carbocycles. The van der Waals surface area contributed by atoms with Gasteiger partial charge in [-0.1, -0.05) is 48.5 Å². The van der Waals surface area contributed by atoms with Crippen molar-refractivity contribution in [2.24, 2.45) is 15.4 Å². The van der Waals surface area contributed by atoms with Crippen LogP contribution in [-0.2, 0) is 62.0 Å². The zero-order valence-corrected chi connectivity index (χ0v) is 26.8. The van der Waals surface area contributed by atoms with Gasteiger partial charge in [0.2, 0.25) is 0 Å². The van der Waals surface area contributed by atoms with Gasteiger partial charge in [-0.3, -0.25) is 0 Å². The minimum absolute atomic E-state index is 0. The fourth-order valence-corrected chi connectivity index (χ4v) is 5.31. The van der Waals surface area contributed by atoms with E-state index in [1.807, 2.05) is 0 Å². The van der Waals surface area contributed by atoms with Crippen molar-refractivity contribution in [1.29, 1.82) is 0 Å². The Kier molecular flexibility index (Phi) is 9.07. The van der Waals surface area contributed by atoms with Crippen LogP contribution in [0.2, 0.25) is 0 Å². The van der Waals surface area contributed by atoms with Gasteiger partial charge in [0.25, 0.3) is 0 Å². The summed E-state index contributed by atoms with van der Waals surface area (Å²) in [6.07, 6.45) is 4.28. The van der Waals surface area contributed by atoms with Crippen molar-refractivity contribution in [3.05, 3.63) is 70.8 Å². The maximum Gasteiger partial charge on any atom is 2.00 e. The number of halogens is 6. The van der Waals surface area contributed by atoms with Gasteiger partial charge in [0.1, 0.15) is 29.7 Å². The zero-order chi connectivity index (χ0) is 31.6. The van der Waals surface area contributed by atoms with E-state index in [-0.39, 0.29) is 49.2 Å². The molecule has 0 spiro atoms. The van der Waals surface area contributed by atoms with Gasteiger partial charge in [0.05, 0.1) is 0 Å². The van der Waals surface area contributed by atoms with Crippen LogP contribution < -0.4 is 0 Å². The third-order valence-electron chi connectivity index (χ3n) is 7.47. The van der Waals surface area contributed by atoms with Crippen LogP contribution in [0.25, 0.3) is 0 Å². The smallest absolute Gasteiger partial charge is 0.741 e. The molecule has 4 atom stereocenters. The quantitative estimate of drug-likeness (QED) is 0.195. The summed E-state index contributed by atoms with van der Waals surface area (Å²) in [5.74, 6) is 1.75. The Morgan fingerprint density at radius 1 is 0.682 bits per heavy atom. The fraction of sp³-hybridized carbons (Fsp3) is 0.440. The molecule has 3 aliphatic carbocycles. The van der Waals surface area contributed by atoms with Gasteiger partial charge in [-0.15, -0.1) is 0 Å². The minimum Gasteiger partial charge on any atom is -0.741 e. The molecule has 1 fully saturated rings. The van der Waals surface area contributed by atoms with E-state index in [1.54, 1.807) is 0 Å². The Bertz CT molecular complexity index is 1590. The van der Waals surface area contributed by atoms with Crippen molar-refractivity contribution >= 4 is 32.0 Å². The molecule has 2 aliphatic heterocycles. The average Bonchev–Trinajstić information content (AvgIpc) is 3.16. The van der Waals surface area contributed by atoms with Crippen molar-refractivity contribution in [2.45, 2.75) is 61.0 Å². The molecule has 7 rings (SSSR count). The van der Waals surface area contributed by atoms with Crippen molar-refractivity contribution in [3.63, 3.8) is 0 Å². The van der Waals surface area contributed by atoms with Crippen LogP contribution in [0.1, 0.15) is 47.2 Å². The molecule has 44 heavy (non-hydrogen) atoms. The first-order valence-corrected chi connectivity index (χ1v) is 15.3. The number of hydrogen-bond donors (Lipinski definition) is 0. The second-order valence-electron chi connectivity index (χ2n) is 10.3. The van der Waals surface area contributed by atoms with Crippen molar-refractivity contribution < 1.29 is 81.2 Å². The van der Waals surface area contributed by atoms with Crippen LogP contribution in [0.5, 0.6) is 0 Å². The number of aliphatic imine (C=N–C) groups is 2. The summed E-state index contributed by atoms with van der Waals surface area (Å²) in [7, 11) is -12.2. The molecule has 0 saturated heterocycles. The summed E-state index contributed by atoms with van der Waals surface area (Å²) in [5.41, 5.74) is -6.08. The molecule has 0 amide bonds. The third-order valence-corrected chi connectivity index (χ3v) is 8.60. The molecule has 5 aliphatic rings. The summed E-state index contributed by atoms with van der Waals surface area (Å²) in [5, 5.41) is 0. The molecule has 19 heteroatoms. The third kappa shape index (κ3) is 6.52. The monoisotopic (exact) mass is 718 g/mol. The molecule has 2 aromatic carbocycles. The van der Waals surface area contributed by atoms with E-state index >= 15 is 0 Å². The van der Waals surface area contributed by atoms with Crippen LogP contribution >= 0.6 is 0 Å². The standard InChI is InChI=1S/C23H20N2O2.2CHF3O3S.Zn/c1-3-7-15-13(5-1)11-17-19(15)24-21(26-17)23(9-10-23)22-25-20-16-8-4-2-6-14(16)12-18(20)27-22;2*2-1(3,4)8(5,6)7;/h1-8,17-20H,9-12H2;2*(H,5,6,7);/q;;;+2/p-2/t17-,18-,19+,20+;;;/m0.../s1. The molecule has 10 nitrogen and oxygen atoms in total. The van der Waals surface area contributed by atoms with E-state index in [0.29, 0.717) is 0 Å². The predicted octanol–water partition coefficient (Wildman–Crippen LogP) is 4.06. The molecule has 2 aromatic rings. The van der Waals surface area contributed by atoms with E-state index in [2.05, 4.69) is 48.5 Å². The van der Waals surface area contributed by atoms with E-state index in [4.69, 9.17) is 45.4 Å². The zero-order valence-electron chi connectivity index (χ0n) is 22.2. The fourth-order valence-electron chi connectivity index (χ4n) is 5.31. The van der Waals surface area contributed by atoms with Gasteiger partial charge in [-0.25, -0.2) is 26.8 Å². The predicted molar refractivity (Wildman–Crippen MR) is 134 cm³/mol. The van der Waals surface area contributed by atoms with Gasteiger partial charge >= 0.3 is 30.5 Å². The molecule has 0 bridgehead atoms. The first-order valence-electron chi connectivity index (χ1n) is 12.5. The number of nitrogens with zero attached hydrogens (tertiary/aromatic N) is 2. The SMILES string of the molecule is O=S(=O)([O-])C(F)(F)F.O=S(=O)([O-])C(F)(F)F.[Zn+2].c1ccc2c(c1)C[C@@H]1OC(C3(C4=N[C@@H]5c6ccccc6C[C@@H]5O4)CC3)=N[C@H]21. The molecule has 0 N–H and O–H groups in total. The molecule has 0 unspecified atom stereocenters. The van der Waals surface area contributed by atoms with E-state index in [1.165, 1.54) is 22.3 Å². The van der Waals surface area contributed by atoms with Crippen LogP contribution in [0.15, 0.2) is 58.5 Å². The number of ether oxygens (including phenoxy) is 2. The second kappa shape index (κ2) is 11.6. The Balaban J connectivity index is 0.000000219.